The number of aromatic nitrogens is 1. The Bertz CT molecular complexity index is 355. The fourth-order valence-electron chi connectivity index (χ4n) is 2.41. The molecule has 1 unspecified atom stereocenters. The lowest BCUT2D eigenvalue weighted by Crippen LogP contribution is -2.23. The van der Waals surface area contributed by atoms with Gasteiger partial charge in [0, 0.05) is 6.04 Å². The standard InChI is InChI=1S/C15H24N2O/c1-11-4-6-13(7-5-11)18-14-8-9-15(17-10-14)12(2)16-3/h8-13,16H,4-7H2,1-3H3. The smallest absolute Gasteiger partial charge is 0.138 e. The number of ether oxygens (including phenoxy) is 1. The topological polar surface area (TPSA) is 34.1 Å². The van der Waals surface area contributed by atoms with Crippen LogP contribution < -0.4 is 10.1 Å². The van der Waals surface area contributed by atoms with Crippen LogP contribution in [0.2, 0.25) is 0 Å². The maximum atomic E-state index is 5.99. The third-order valence-electron chi connectivity index (χ3n) is 3.90. The zero-order valence-electron chi connectivity index (χ0n) is 11.6. The molecule has 18 heavy (non-hydrogen) atoms. The van der Waals surface area contributed by atoms with E-state index in [1.165, 1.54) is 25.7 Å². The Hall–Kier alpha value is -1.09. The minimum Gasteiger partial charge on any atom is -0.489 e. The molecule has 1 N–H and O–H groups in total. The van der Waals surface area contributed by atoms with E-state index in [1.807, 2.05) is 25.4 Å². The monoisotopic (exact) mass is 248 g/mol. The Balaban J connectivity index is 1.90. The Morgan fingerprint density at radius 3 is 2.56 bits per heavy atom. The number of rotatable bonds is 4. The summed E-state index contributed by atoms with van der Waals surface area (Å²) in [5, 5.41) is 3.18. The highest BCUT2D eigenvalue weighted by molar-refractivity contribution is 5.21. The zero-order chi connectivity index (χ0) is 13.0. The van der Waals surface area contributed by atoms with Gasteiger partial charge < -0.3 is 10.1 Å². The van der Waals surface area contributed by atoms with Gasteiger partial charge in [-0.25, -0.2) is 0 Å². The van der Waals surface area contributed by atoms with E-state index in [0.29, 0.717) is 6.10 Å². The first-order valence-electron chi connectivity index (χ1n) is 6.99. The molecule has 2 rings (SSSR count). The SMILES string of the molecule is CNC(C)c1ccc(OC2CCC(C)CC2)cn1. The first-order chi connectivity index (χ1) is 8.69. The molecule has 0 saturated heterocycles. The maximum Gasteiger partial charge on any atom is 0.138 e. The summed E-state index contributed by atoms with van der Waals surface area (Å²) in [5.41, 5.74) is 1.06. The molecular formula is C15H24N2O. The molecule has 1 heterocycles. The van der Waals surface area contributed by atoms with Crippen molar-refractivity contribution in [2.75, 3.05) is 7.05 Å². The quantitative estimate of drug-likeness (QED) is 0.887. The zero-order valence-corrected chi connectivity index (χ0v) is 11.6. The van der Waals surface area contributed by atoms with Gasteiger partial charge in [-0.1, -0.05) is 6.92 Å². The molecule has 1 saturated carbocycles. The summed E-state index contributed by atoms with van der Waals surface area (Å²) in [5.74, 6) is 1.77. The van der Waals surface area contributed by atoms with E-state index in [4.69, 9.17) is 4.74 Å². The average Bonchev–Trinajstić information content (AvgIpc) is 2.41. The molecule has 1 atom stereocenters. The van der Waals surface area contributed by atoms with Crippen molar-refractivity contribution >= 4 is 0 Å². The van der Waals surface area contributed by atoms with E-state index in [9.17, 15) is 0 Å². The normalized spacial score (nSPS) is 25.7. The number of nitrogens with one attached hydrogen (secondary N) is 1. The molecule has 1 aliphatic rings. The van der Waals surface area contributed by atoms with Crippen LogP contribution in [0.1, 0.15) is 51.3 Å². The van der Waals surface area contributed by atoms with Crippen molar-refractivity contribution in [2.24, 2.45) is 5.92 Å². The van der Waals surface area contributed by atoms with Crippen molar-refractivity contribution < 1.29 is 4.74 Å². The fourth-order valence-corrected chi connectivity index (χ4v) is 2.41. The predicted octanol–water partition coefficient (Wildman–Crippen LogP) is 3.32. The summed E-state index contributed by atoms with van der Waals surface area (Å²) in [6, 6.07) is 4.37. The highest BCUT2D eigenvalue weighted by Crippen LogP contribution is 2.27. The third kappa shape index (κ3) is 3.45. The summed E-state index contributed by atoms with van der Waals surface area (Å²) in [7, 11) is 1.94. The highest BCUT2D eigenvalue weighted by atomic mass is 16.5. The van der Waals surface area contributed by atoms with Crippen LogP contribution >= 0.6 is 0 Å². The van der Waals surface area contributed by atoms with E-state index in [1.54, 1.807) is 0 Å². The molecule has 0 amide bonds. The first kappa shape index (κ1) is 13.3. The highest BCUT2D eigenvalue weighted by Gasteiger charge is 2.19. The van der Waals surface area contributed by atoms with Gasteiger partial charge >= 0.3 is 0 Å². The minimum absolute atomic E-state index is 0.287. The van der Waals surface area contributed by atoms with E-state index in [-0.39, 0.29) is 6.04 Å². The van der Waals surface area contributed by atoms with Crippen LogP contribution in [0.25, 0.3) is 0 Å². The molecule has 0 aromatic carbocycles. The third-order valence-corrected chi connectivity index (χ3v) is 3.90. The van der Waals surface area contributed by atoms with E-state index < -0.39 is 0 Å². The van der Waals surface area contributed by atoms with Gasteiger partial charge in [0.25, 0.3) is 0 Å². The van der Waals surface area contributed by atoms with Gasteiger partial charge in [-0.3, -0.25) is 4.98 Å². The predicted molar refractivity (Wildman–Crippen MR) is 73.8 cm³/mol. The van der Waals surface area contributed by atoms with Crippen LogP contribution in [0, 0.1) is 5.92 Å². The Labute approximate surface area is 110 Å². The molecule has 1 aromatic rings. The summed E-state index contributed by atoms with van der Waals surface area (Å²) in [6.45, 7) is 4.43. The van der Waals surface area contributed by atoms with Gasteiger partial charge in [-0.2, -0.15) is 0 Å². The van der Waals surface area contributed by atoms with Crippen molar-refractivity contribution in [3.63, 3.8) is 0 Å². The summed E-state index contributed by atoms with van der Waals surface area (Å²) in [6.07, 6.45) is 7.16. The maximum absolute atomic E-state index is 5.99. The molecule has 0 bridgehead atoms. The number of pyridine rings is 1. The molecule has 0 aliphatic heterocycles. The summed E-state index contributed by atoms with van der Waals surface area (Å²) < 4.78 is 5.99. The van der Waals surface area contributed by atoms with Gasteiger partial charge in [0.2, 0.25) is 0 Å². The molecule has 1 fully saturated rings. The van der Waals surface area contributed by atoms with Crippen molar-refractivity contribution in [3.8, 4) is 5.75 Å². The number of hydrogen-bond acceptors (Lipinski definition) is 3. The molecule has 0 radical (unpaired) electrons. The Kier molecular flexibility index (Phi) is 4.59. The van der Waals surface area contributed by atoms with E-state index in [0.717, 1.165) is 17.4 Å². The molecule has 1 aliphatic carbocycles. The van der Waals surface area contributed by atoms with Crippen molar-refractivity contribution in [2.45, 2.75) is 51.7 Å². The Morgan fingerprint density at radius 1 is 1.28 bits per heavy atom. The second-order valence-corrected chi connectivity index (χ2v) is 5.43. The molecule has 100 valence electrons. The molecule has 1 aromatic heterocycles. The summed E-state index contributed by atoms with van der Waals surface area (Å²) in [4.78, 5) is 4.44. The fraction of sp³-hybridized carbons (Fsp3) is 0.667. The van der Waals surface area contributed by atoms with E-state index >= 15 is 0 Å². The lowest BCUT2D eigenvalue weighted by atomic mass is 9.89. The second-order valence-electron chi connectivity index (χ2n) is 5.43. The largest absolute Gasteiger partial charge is 0.489 e. The number of hydrogen-bond donors (Lipinski definition) is 1. The molecular weight excluding hydrogens is 224 g/mol. The molecule has 3 nitrogen and oxygen atoms in total. The Morgan fingerprint density at radius 2 is 2.00 bits per heavy atom. The van der Waals surface area contributed by atoms with Gasteiger partial charge in [0.05, 0.1) is 18.0 Å². The van der Waals surface area contributed by atoms with Crippen LogP contribution in [0.5, 0.6) is 5.75 Å². The number of nitrogens with zero attached hydrogens (tertiary/aromatic N) is 1. The molecule has 0 spiro atoms. The van der Waals surface area contributed by atoms with Gasteiger partial charge in [0.15, 0.2) is 0 Å². The van der Waals surface area contributed by atoms with E-state index in [2.05, 4.69) is 24.1 Å². The van der Waals surface area contributed by atoms with Crippen molar-refractivity contribution in [1.29, 1.82) is 0 Å². The van der Waals surface area contributed by atoms with Gasteiger partial charge in [-0.05, 0) is 57.7 Å². The lowest BCUT2D eigenvalue weighted by Gasteiger charge is -2.26. The van der Waals surface area contributed by atoms with Crippen LogP contribution in [0.15, 0.2) is 18.3 Å². The van der Waals surface area contributed by atoms with Gasteiger partial charge in [-0.15, -0.1) is 0 Å². The molecule has 3 heteroatoms. The van der Waals surface area contributed by atoms with Crippen molar-refractivity contribution in [3.05, 3.63) is 24.0 Å². The van der Waals surface area contributed by atoms with Crippen molar-refractivity contribution in [1.82, 2.24) is 10.3 Å². The second kappa shape index (κ2) is 6.19. The minimum atomic E-state index is 0.287. The van der Waals surface area contributed by atoms with Gasteiger partial charge in [0.1, 0.15) is 5.75 Å². The first-order valence-corrected chi connectivity index (χ1v) is 6.99. The van der Waals surface area contributed by atoms with Crippen LogP contribution in [-0.2, 0) is 0 Å². The van der Waals surface area contributed by atoms with Crippen LogP contribution in [0.3, 0.4) is 0 Å². The average molecular weight is 248 g/mol. The summed E-state index contributed by atoms with van der Waals surface area (Å²) >= 11 is 0. The lowest BCUT2D eigenvalue weighted by molar-refractivity contribution is 0.135. The van der Waals surface area contributed by atoms with Crippen LogP contribution in [-0.4, -0.2) is 18.1 Å². The van der Waals surface area contributed by atoms with Crippen LogP contribution in [0.4, 0.5) is 0 Å².